The molecule has 4 nitrogen and oxygen atoms in total. The molecule has 6 aromatic rings. The van der Waals surface area contributed by atoms with Crippen molar-refractivity contribution in [2.75, 3.05) is 0 Å². The van der Waals surface area contributed by atoms with Crippen LogP contribution in [0.4, 0.5) is 8.78 Å². The van der Waals surface area contributed by atoms with Crippen LogP contribution < -0.4 is 5.56 Å². The zero-order valence-electron chi connectivity index (χ0n) is 17.2. The minimum absolute atomic E-state index is 0.245. The van der Waals surface area contributed by atoms with Crippen LogP contribution in [0.3, 0.4) is 0 Å². The zero-order valence-corrected chi connectivity index (χ0v) is 17.2. The van der Waals surface area contributed by atoms with Gasteiger partial charge in [-0.15, -0.1) is 0 Å². The molecule has 0 N–H and O–H groups in total. The van der Waals surface area contributed by atoms with Gasteiger partial charge in [-0.3, -0.25) is 19.3 Å². The van der Waals surface area contributed by atoms with Gasteiger partial charge in [-0.05, 0) is 48.0 Å². The molecule has 158 valence electrons. The van der Waals surface area contributed by atoms with E-state index < -0.39 is 11.6 Å². The van der Waals surface area contributed by atoms with Gasteiger partial charge in [0, 0.05) is 46.2 Å². The summed E-state index contributed by atoms with van der Waals surface area (Å²) < 4.78 is 29.0. The molecule has 0 aliphatic heterocycles. The number of para-hydroxylation sites is 1. The Kier molecular flexibility index (Phi) is 4.26. The molecule has 0 fully saturated rings. The first-order valence-electron chi connectivity index (χ1n) is 10.3. The largest absolute Gasteiger partial charge is 0.276 e. The van der Waals surface area contributed by atoms with E-state index in [4.69, 9.17) is 0 Å². The molecule has 0 aliphatic rings. The Hall–Kier alpha value is -4.45. The van der Waals surface area contributed by atoms with Crippen LogP contribution in [0.5, 0.6) is 0 Å². The maximum Gasteiger partial charge on any atom is 0.255 e. The van der Waals surface area contributed by atoms with Crippen molar-refractivity contribution in [2.24, 2.45) is 0 Å². The van der Waals surface area contributed by atoms with Gasteiger partial charge in [0.15, 0.2) is 11.6 Å². The highest BCUT2D eigenvalue weighted by Gasteiger charge is 2.13. The molecule has 3 aromatic carbocycles. The summed E-state index contributed by atoms with van der Waals surface area (Å²) in [6.07, 6.45) is 3.48. The highest BCUT2D eigenvalue weighted by molar-refractivity contribution is 6.05. The van der Waals surface area contributed by atoms with Gasteiger partial charge in [0.25, 0.3) is 5.56 Å². The highest BCUT2D eigenvalue weighted by atomic mass is 19.2. The van der Waals surface area contributed by atoms with Gasteiger partial charge in [0.2, 0.25) is 0 Å². The van der Waals surface area contributed by atoms with Gasteiger partial charge in [0.05, 0.1) is 22.2 Å². The van der Waals surface area contributed by atoms with Gasteiger partial charge in [0.1, 0.15) is 0 Å². The van der Waals surface area contributed by atoms with Crippen molar-refractivity contribution < 1.29 is 8.78 Å². The van der Waals surface area contributed by atoms with Crippen molar-refractivity contribution in [1.82, 2.24) is 14.5 Å². The number of nitrogens with zero attached hydrogens (tertiary/aromatic N) is 3. The number of halogens is 2. The Morgan fingerprint density at radius 3 is 2.39 bits per heavy atom. The van der Waals surface area contributed by atoms with Gasteiger partial charge in [-0.2, -0.15) is 0 Å². The summed E-state index contributed by atoms with van der Waals surface area (Å²) in [5, 5.41) is 2.45. The number of benzene rings is 3. The molecule has 0 saturated heterocycles. The van der Waals surface area contributed by atoms with Crippen LogP contribution in [-0.2, 0) is 0 Å². The molecule has 0 aliphatic carbocycles. The van der Waals surface area contributed by atoms with Crippen molar-refractivity contribution in [3.63, 3.8) is 0 Å². The Balaban J connectivity index is 1.66. The molecule has 0 spiro atoms. The summed E-state index contributed by atoms with van der Waals surface area (Å²) in [5.74, 6) is -1.98. The summed E-state index contributed by atoms with van der Waals surface area (Å²) in [4.78, 5) is 22.0. The quantitative estimate of drug-likeness (QED) is 0.312. The fourth-order valence-corrected chi connectivity index (χ4v) is 4.20. The third kappa shape index (κ3) is 3.15. The highest BCUT2D eigenvalue weighted by Crippen LogP contribution is 2.30. The molecule has 3 aromatic heterocycles. The molecule has 0 radical (unpaired) electrons. The molecular weight excluding hydrogens is 420 g/mol. The zero-order chi connectivity index (χ0) is 22.5. The number of aromatic nitrogens is 3. The Labute approximate surface area is 186 Å². The summed E-state index contributed by atoms with van der Waals surface area (Å²) >= 11 is 0. The van der Waals surface area contributed by atoms with Crippen molar-refractivity contribution >= 4 is 32.7 Å². The van der Waals surface area contributed by atoms with Crippen LogP contribution in [0.25, 0.3) is 49.5 Å². The van der Waals surface area contributed by atoms with Crippen LogP contribution in [0.2, 0.25) is 0 Å². The Bertz CT molecular complexity index is 1780. The van der Waals surface area contributed by atoms with Gasteiger partial charge < -0.3 is 0 Å². The lowest BCUT2D eigenvalue weighted by molar-refractivity contribution is 0.508. The molecule has 33 heavy (non-hydrogen) atoms. The van der Waals surface area contributed by atoms with E-state index in [0.29, 0.717) is 16.4 Å². The first-order valence-corrected chi connectivity index (χ1v) is 10.3. The predicted octanol–water partition coefficient (Wildman–Crippen LogP) is 6.03. The maximum absolute atomic E-state index is 14.0. The number of pyridine rings is 3. The summed E-state index contributed by atoms with van der Waals surface area (Å²) in [6.45, 7) is 0. The van der Waals surface area contributed by atoms with Crippen molar-refractivity contribution in [3.8, 4) is 16.8 Å². The van der Waals surface area contributed by atoms with E-state index in [0.717, 1.165) is 39.5 Å². The fraction of sp³-hybridized carbons (Fsp3) is 0. The van der Waals surface area contributed by atoms with Crippen molar-refractivity contribution in [1.29, 1.82) is 0 Å². The summed E-state index contributed by atoms with van der Waals surface area (Å²) in [5.41, 5.74) is 3.89. The monoisotopic (exact) mass is 435 g/mol. The molecule has 0 atom stereocenters. The minimum atomic E-state index is -1.02. The minimum Gasteiger partial charge on any atom is -0.276 e. The molecule has 0 amide bonds. The second kappa shape index (κ2) is 7.31. The SMILES string of the molecule is O=c1ccc2cnc3ccc(-c4cnc5ccccc5c4)cc3c2n1-c1ccc(F)c(F)c1. The van der Waals surface area contributed by atoms with Gasteiger partial charge in [-0.25, -0.2) is 8.78 Å². The molecule has 3 heterocycles. The van der Waals surface area contributed by atoms with E-state index in [2.05, 4.69) is 16.0 Å². The van der Waals surface area contributed by atoms with Crippen molar-refractivity contribution in [2.45, 2.75) is 0 Å². The topological polar surface area (TPSA) is 47.8 Å². The van der Waals surface area contributed by atoms with Crippen LogP contribution in [-0.4, -0.2) is 14.5 Å². The van der Waals surface area contributed by atoms with Crippen LogP contribution >= 0.6 is 0 Å². The second-order valence-corrected chi connectivity index (χ2v) is 7.82. The second-order valence-electron chi connectivity index (χ2n) is 7.82. The molecule has 6 rings (SSSR count). The normalized spacial score (nSPS) is 11.5. The van der Waals surface area contributed by atoms with E-state index in [1.165, 1.54) is 16.7 Å². The number of rotatable bonds is 2. The van der Waals surface area contributed by atoms with Crippen LogP contribution in [0.1, 0.15) is 0 Å². The summed E-state index contributed by atoms with van der Waals surface area (Å²) in [7, 11) is 0. The molecular formula is C27H15F2N3O. The van der Waals surface area contributed by atoms with E-state index >= 15 is 0 Å². The standard InChI is InChI=1S/C27H15F2N3O/c28-22-8-7-20(13-23(22)29)32-26(33)10-6-18-14-31-25-9-5-16(12-21(25)27(18)32)19-11-17-3-1-2-4-24(17)30-15-19/h1-15H. The molecule has 0 saturated carbocycles. The van der Waals surface area contributed by atoms with Gasteiger partial charge >= 0.3 is 0 Å². The lowest BCUT2D eigenvalue weighted by Gasteiger charge is -2.13. The predicted molar refractivity (Wildman–Crippen MR) is 125 cm³/mol. The van der Waals surface area contributed by atoms with Gasteiger partial charge in [-0.1, -0.05) is 24.3 Å². The van der Waals surface area contributed by atoms with E-state index in [1.807, 2.05) is 48.7 Å². The van der Waals surface area contributed by atoms with Crippen LogP contribution in [0, 0.1) is 11.6 Å². The van der Waals surface area contributed by atoms with E-state index in [1.54, 1.807) is 12.3 Å². The summed E-state index contributed by atoms with van der Waals surface area (Å²) in [6, 6.07) is 22.2. The van der Waals surface area contributed by atoms with E-state index in [9.17, 15) is 13.6 Å². The van der Waals surface area contributed by atoms with Crippen LogP contribution in [0.15, 0.2) is 96.1 Å². The average Bonchev–Trinajstić information content (AvgIpc) is 2.85. The van der Waals surface area contributed by atoms with Crippen molar-refractivity contribution in [3.05, 3.63) is 113 Å². The lowest BCUT2D eigenvalue weighted by atomic mass is 10.0. The maximum atomic E-state index is 14.0. The Morgan fingerprint density at radius 1 is 0.667 bits per heavy atom. The fourth-order valence-electron chi connectivity index (χ4n) is 4.20. The number of hydrogen-bond acceptors (Lipinski definition) is 3. The van der Waals surface area contributed by atoms with E-state index in [-0.39, 0.29) is 11.2 Å². The molecule has 6 heteroatoms. The smallest absolute Gasteiger partial charge is 0.255 e. The molecule has 0 bridgehead atoms. The number of fused-ring (bicyclic) bond motifs is 4. The lowest BCUT2D eigenvalue weighted by Crippen LogP contribution is -2.18. The Morgan fingerprint density at radius 2 is 1.52 bits per heavy atom. The average molecular weight is 435 g/mol. The number of hydrogen-bond donors (Lipinski definition) is 0. The first-order chi connectivity index (χ1) is 16.1. The first kappa shape index (κ1) is 19.3. The third-order valence-corrected chi connectivity index (χ3v) is 5.80. The molecule has 0 unspecified atom stereocenters. The third-order valence-electron chi connectivity index (χ3n) is 5.80.